The van der Waals surface area contributed by atoms with Crippen LogP contribution in [0.2, 0.25) is 5.02 Å². The van der Waals surface area contributed by atoms with Gasteiger partial charge in [0.25, 0.3) is 11.6 Å². The van der Waals surface area contributed by atoms with Crippen molar-refractivity contribution in [3.63, 3.8) is 0 Å². The lowest BCUT2D eigenvalue weighted by Crippen LogP contribution is -2.40. The number of halogens is 1. The molecule has 30 heavy (non-hydrogen) atoms. The highest BCUT2D eigenvalue weighted by atomic mass is 35.5. The summed E-state index contributed by atoms with van der Waals surface area (Å²) >= 11 is 5.86. The lowest BCUT2D eigenvalue weighted by atomic mass is 9.91. The van der Waals surface area contributed by atoms with Gasteiger partial charge in [-0.2, -0.15) is 4.98 Å². The molecule has 3 amide bonds. The molecule has 0 saturated carbocycles. The molecule has 11 heteroatoms. The topological polar surface area (TPSA) is 131 Å². The van der Waals surface area contributed by atoms with Gasteiger partial charge >= 0.3 is 6.03 Å². The van der Waals surface area contributed by atoms with Gasteiger partial charge in [0.1, 0.15) is 12.1 Å². The second kappa shape index (κ2) is 7.23. The standard InChI is InChI=1S/C19H14ClN5O5/c1-19(12-3-2-4-14(9-12)25(28)29)17(26)24(18(27)22-19)10-15-21-16(23-30-15)11-5-7-13(20)8-6-11/h2-9H,10H2,1H3,(H,22,27). The molecule has 2 aromatic carbocycles. The van der Waals surface area contributed by atoms with Crippen molar-refractivity contribution in [2.75, 3.05) is 0 Å². The monoisotopic (exact) mass is 427 g/mol. The summed E-state index contributed by atoms with van der Waals surface area (Å²) in [6.07, 6.45) is 0. The van der Waals surface area contributed by atoms with Crippen LogP contribution >= 0.6 is 11.6 Å². The Hall–Kier alpha value is -3.79. The average molecular weight is 428 g/mol. The quantitative estimate of drug-likeness (QED) is 0.375. The molecule has 3 aromatic rings. The average Bonchev–Trinajstić information content (AvgIpc) is 3.28. The fourth-order valence-corrected chi connectivity index (χ4v) is 3.26. The van der Waals surface area contributed by atoms with Crippen LogP contribution in [0.3, 0.4) is 0 Å². The first kappa shape index (κ1) is 19.5. The number of nitro groups is 1. The summed E-state index contributed by atoms with van der Waals surface area (Å²) in [5.74, 6) is -0.235. The zero-order chi connectivity index (χ0) is 21.5. The Morgan fingerprint density at radius 1 is 1.23 bits per heavy atom. The number of rotatable bonds is 5. The van der Waals surface area contributed by atoms with E-state index in [0.717, 1.165) is 4.90 Å². The Bertz CT molecular complexity index is 1160. The van der Waals surface area contributed by atoms with Crippen LogP contribution in [0.1, 0.15) is 18.4 Å². The molecule has 1 N–H and O–H groups in total. The smallest absolute Gasteiger partial charge is 0.325 e. The van der Waals surface area contributed by atoms with Crippen LogP contribution in [-0.4, -0.2) is 31.9 Å². The minimum absolute atomic E-state index is 0.0618. The predicted octanol–water partition coefficient (Wildman–Crippen LogP) is 3.27. The number of carbonyl (C=O) groups is 2. The Morgan fingerprint density at radius 2 is 1.97 bits per heavy atom. The second-order valence-electron chi connectivity index (χ2n) is 6.77. The van der Waals surface area contributed by atoms with Gasteiger partial charge in [0.15, 0.2) is 0 Å². The summed E-state index contributed by atoms with van der Waals surface area (Å²) in [5, 5.41) is 18.1. The van der Waals surface area contributed by atoms with E-state index in [0.29, 0.717) is 16.1 Å². The van der Waals surface area contributed by atoms with E-state index in [9.17, 15) is 19.7 Å². The molecule has 10 nitrogen and oxygen atoms in total. The number of nitrogens with one attached hydrogen (secondary N) is 1. The summed E-state index contributed by atoms with van der Waals surface area (Å²) in [5.41, 5.74) is -0.681. The van der Waals surface area contributed by atoms with E-state index >= 15 is 0 Å². The van der Waals surface area contributed by atoms with Crippen molar-refractivity contribution in [2.45, 2.75) is 19.0 Å². The van der Waals surface area contributed by atoms with Gasteiger partial charge in [0, 0.05) is 22.7 Å². The van der Waals surface area contributed by atoms with E-state index in [1.54, 1.807) is 30.3 Å². The lowest BCUT2D eigenvalue weighted by Gasteiger charge is -2.21. The molecule has 2 heterocycles. The first-order chi connectivity index (χ1) is 14.3. The molecular formula is C19H14ClN5O5. The minimum atomic E-state index is -1.46. The van der Waals surface area contributed by atoms with Crippen molar-refractivity contribution >= 4 is 29.2 Å². The SMILES string of the molecule is CC1(c2cccc([N+](=O)[O-])c2)NC(=O)N(Cc2nc(-c3ccc(Cl)cc3)no2)C1=O. The van der Waals surface area contributed by atoms with E-state index in [1.165, 1.54) is 25.1 Å². The number of urea groups is 1. The molecule has 0 spiro atoms. The second-order valence-corrected chi connectivity index (χ2v) is 7.21. The van der Waals surface area contributed by atoms with Crippen LogP contribution in [0.5, 0.6) is 0 Å². The van der Waals surface area contributed by atoms with Gasteiger partial charge in [-0.25, -0.2) is 4.79 Å². The van der Waals surface area contributed by atoms with Crippen molar-refractivity contribution in [1.29, 1.82) is 0 Å². The maximum atomic E-state index is 13.0. The molecule has 1 aliphatic rings. The van der Waals surface area contributed by atoms with E-state index in [2.05, 4.69) is 15.5 Å². The third-order valence-electron chi connectivity index (χ3n) is 4.77. The van der Waals surface area contributed by atoms with Crippen molar-refractivity contribution in [1.82, 2.24) is 20.4 Å². The number of imide groups is 1. The number of nitrogens with zero attached hydrogens (tertiary/aromatic N) is 4. The van der Waals surface area contributed by atoms with Crippen molar-refractivity contribution in [3.05, 3.63) is 75.1 Å². The number of non-ortho nitro benzene ring substituents is 1. The van der Waals surface area contributed by atoms with Gasteiger partial charge in [-0.05, 0) is 36.8 Å². The Balaban J connectivity index is 1.57. The molecular weight excluding hydrogens is 414 g/mol. The molecule has 1 aromatic heterocycles. The number of amides is 3. The number of aromatic nitrogens is 2. The van der Waals surface area contributed by atoms with Gasteiger partial charge in [0.2, 0.25) is 11.7 Å². The van der Waals surface area contributed by atoms with Crippen LogP contribution in [0.25, 0.3) is 11.4 Å². The highest BCUT2D eigenvalue weighted by molar-refractivity contribution is 6.30. The normalized spacial score (nSPS) is 18.5. The molecule has 0 radical (unpaired) electrons. The molecule has 0 bridgehead atoms. The fraction of sp³-hybridized carbons (Fsp3) is 0.158. The summed E-state index contributed by atoms with van der Waals surface area (Å²) in [6, 6.07) is 11.7. The maximum Gasteiger partial charge on any atom is 0.325 e. The molecule has 0 aliphatic carbocycles. The van der Waals surface area contributed by atoms with Crippen LogP contribution in [-0.2, 0) is 16.9 Å². The van der Waals surface area contributed by atoms with Gasteiger partial charge < -0.3 is 9.84 Å². The van der Waals surface area contributed by atoms with Gasteiger partial charge in [-0.1, -0.05) is 28.9 Å². The van der Waals surface area contributed by atoms with Crippen LogP contribution < -0.4 is 5.32 Å². The van der Waals surface area contributed by atoms with E-state index in [-0.39, 0.29) is 23.9 Å². The molecule has 4 rings (SSSR count). The first-order valence-electron chi connectivity index (χ1n) is 8.75. The molecule has 152 valence electrons. The van der Waals surface area contributed by atoms with Crippen LogP contribution in [0.15, 0.2) is 53.1 Å². The highest BCUT2D eigenvalue weighted by Gasteiger charge is 2.49. The van der Waals surface area contributed by atoms with Gasteiger partial charge in [-0.15, -0.1) is 0 Å². The maximum absolute atomic E-state index is 13.0. The molecule has 1 saturated heterocycles. The van der Waals surface area contributed by atoms with Gasteiger partial charge in [0.05, 0.1) is 4.92 Å². The predicted molar refractivity (Wildman–Crippen MR) is 104 cm³/mol. The van der Waals surface area contributed by atoms with E-state index < -0.39 is 22.4 Å². The summed E-state index contributed by atoms with van der Waals surface area (Å²) in [7, 11) is 0. The summed E-state index contributed by atoms with van der Waals surface area (Å²) < 4.78 is 5.18. The number of carbonyl (C=O) groups excluding carboxylic acids is 2. The van der Waals surface area contributed by atoms with Crippen molar-refractivity contribution < 1.29 is 19.0 Å². The molecule has 1 aliphatic heterocycles. The molecule has 1 unspecified atom stereocenters. The molecule has 1 fully saturated rings. The summed E-state index contributed by atoms with van der Waals surface area (Å²) in [6.45, 7) is 1.25. The van der Waals surface area contributed by atoms with Gasteiger partial charge in [-0.3, -0.25) is 19.8 Å². The van der Waals surface area contributed by atoms with Crippen LogP contribution in [0, 0.1) is 10.1 Å². The zero-order valence-electron chi connectivity index (χ0n) is 15.5. The lowest BCUT2D eigenvalue weighted by molar-refractivity contribution is -0.385. The van der Waals surface area contributed by atoms with Crippen molar-refractivity contribution in [3.8, 4) is 11.4 Å². The largest absolute Gasteiger partial charge is 0.337 e. The van der Waals surface area contributed by atoms with E-state index in [1.807, 2.05) is 0 Å². The number of hydrogen-bond donors (Lipinski definition) is 1. The zero-order valence-corrected chi connectivity index (χ0v) is 16.3. The third kappa shape index (κ3) is 3.37. The highest BCUT2D eigenvalue weighted by Crippen LogP contribution is 2.31. The van der Waals surface area contributed by atoms with E-state index in [4.69, 9.17) is 16.1 Å². The number of benzene rings is 2. The minimum Gasteiger partial charge on any atom is -0.337 e. The Kier molecular flexibility index (Phi) is 4.70. The van der Waals surface area contributed by atoms with Crippen LogP contribution in [0.4, 0.5) is 10.5 Å². The first-order valence-corrected chi connectivity index (χ1v) is 9.13. The number of nitro benzene ring substituents is 1. The Labute approximate surface area is 174 Å². The summed E-state index contributed by atoms with van der Waals surface area (Å²) in [4.78, 5) is 41.1. The fourth-order valence-electron chi connectivity index (χ4n) is 3.14. The molecule has 1 atom stereocenters. The Morgan fingerprint density at radius 3 is 2.67 bits per heavy atom. The number of hydrogen-bond acceptors (Lipinski definition) is 7. The third-order valence-corrected chi connectivity index (χ3v) is 5.03. The van der Waals surface area contributed by atoms with Crippen molar-refractivity contribution in [2.24, 2.45) is 0 Å².